The Morgan fingerprint density at radius 1 is 1.10 bits per heavy atom. The number of carbonyl (C=O) groups is 2. The van der Waals surface area contributed by atoms with Crippen LogP contribution in [0.15, 0.2) is 73.1 Å². The third kappa shape index (κ3) is 6.33. The average Bonchev–Trinajstić information content (AvgIpc) is 2.81. The van der Waals surface area contributed by atoms with E-state index >= 15 is 0 Å². The number of carbonyl (C=O) groups excluding carboxylic acids is 2. The molecule has 3 aromatic rings. The fourth-order valence-electron chi connectivity index (χ4n) is 3.17. The van der Waals surface area contributed by atoms with Gasteiger partial charge in [-0.3, -0.25) is 14.6 Å². The molecule has 0 spiro atoms. The van der Waals surface area contributed by atoms with Crippen molar-refractivity contribution in [2.75, 3.05) is 17.3 Å². The zero-order chi connectivity index (χ0) is 22.1. The van der Waals surface area contributed by atoms with Crippen molar-refractivity contribution >= 4 is 29.3 Å². The fourth-order valence-corrected chi connectivity index (χ4v) is 3.64. The smallest absolute Gasteiger partial charge is 0.252 e. The van der Waals surface area contributed by atoms with Gasteiger partial charge in [0.1, 0.15) is 6.04 Å². The number of benzene rings is 2. The van der Waals surface area contributed by atoms with E-state index in [9.17, 15) is 9.59 Å². The van der Waals surface area contributed by atoms with Crippen LogP contribution in [0.3, 0.4) is 0 Å². The van der Waals surface area contributed by atoms with E-state index in [4.69, 9.17) is 5.73 Å². The molecule has 0 unspecified atom stereocenters. The molecule has 1 heterocycles. The van der Waals surface area contributed by atoms with E-state index in [0.717, 1.165) is 28.1 Å². The van der Waals surface area contributed by atoms with Gasteiger partial charge in [0, 0.05) is 30.2 Å². The summed E-state index contributed by atoms with van der Waals surface area (Å²) in [7, 11) is 0. The number of pyridine rings is 1. The van der Waals surface area contributed by atoms with Crippen LogP contribution in [-0.4, -0.2) is 34.8 Å². The largest absolute Gasteiger partial charge is 0.381 e. The summed E-state index contributed by atoms with van der Waals surface area (Å²) in [5.74, 6) is -0.114. The van der Waals surface area contributed by atoms with Crippen LogP contribution in [0, 0.1) is 0 Å². The van der Waals surface area contributed by atoms with E-state index in [-0.39, 0.29) is 5.91 Å². The van der Waals surface area contributed by atoms with Gasteiger partial charge >= 0.3 is 0 Å². The number of rotatable bonds is 10. The maximum atomic E-state index is 13.1. The first-order chi connectivity index (χ1) is 15.1. The first-order valence-electron chi connectivity index (χ1n) is 10.00. The summed E-state index contributed by atoms with van der Waals surface area (Å²) in [6.07, 6.45) is 5.99. The molecular formula is C24H26N4O2S. The number of nitrogens with zero attached hydrogens (tertiary/aromatic N) is 1. The summed E-state index contributed by atoms with van der Waals surface area (Å²) in [5.41, 5.74) is 9.62. The zero-order valence-corrected chi connectivity index (χ0v) is 18.2. The molecule has 0 bridgehead atoms. The molecule has 7 heteroatoms. The summed E-state index contributed by atoms with van der Waals surface area (Å²) in [6.45, 7) is 0.617. The number of hydrogen-bond acceptors (Lipinski definition) is 5. The first kappa shape index (κ1) is 22.4. The molecule has 0 saturated heterocycles. The van der Waals surface area contributed by atoms with Crippen LogP contribution < -0.4 is 16.4 Å². The molecule has 2 aromatic carbocycles. The highest BCUT2D eigenvalue weighted by Crippen LogP contribution is 2.27. The molecule has 0 radical (unpaired) electrons. The van der Waals surface area contributed by atoms with Gasteiger partial charge in [-0.15, -0.1) is 0 Å². The van der Waals surface area contributed by atoms with Crippen molar-refractivity contribution < 1.29 is 9.59 Å². The van der Waals surface area contributed by atoms with Gasteiger partial charge in [-0.25, -0.2) is 0 Å². The highest BCUT2D eigenvalue weighted by molar-refractivity contribution is 7.98. The predicted molar refractivity (Wildman–Crippen MR) is 127 cm³/mol. The molecule has 0 aliphatic carbocycles. The molecule has 31 heavy (non-hydrogen) atoms. The van der Waals surface area contributed by atoms with E-state index in [1.165, 1.54) is 0 Å². The first-order valence-corrected chi connectivity index (χ1v) is 11.4. The van der Waals surface area contributed by atoms with Crippen LogP contribution in [0.5, 0.6) is 0 Å². The Morgan fingerprint density at radius 2 is 1.90 bits per heavy atom. The van der Waals surface area contributed by atoms with Gasteiger partial charge in [0.2, 0.25) is 5.91 Å². The number of nitrogens with one attached hydrogen (secondary N) is 2. The Balaban J connectivity index is 1.86. The van der Waals surface area contributed by atoms with Crippen molar-refractivity contribution in [2.45, 2.75) is 19.0 Å². The van der Waals surface area contributed by atoms with Crippen molar-refractivity contribution in [2.24, 2.45) is 5.73 Å². The molecule has 6 nitrogen and oxygen atoms in total. The Labute approximate surface area is 186 Å². The fraction of sp³-hybridized carbons (Fsp3) is 0.208. The van der Waals surface area contributed by atoms with Crippen LogP contribution in [0.1, 0.15) is 22.3 Å². The minimum atomic E-state index is -0.702. The van der Waals surface area contributed by atoms with E-state index < -0.39 is 11.9 Å². The molecule has 1 aromatic heterocycles. The monoisotopic (exact) mass is 434 g/mol. The van der Waals surface area contributed by atoms with Crippen LogP contribution in [0.2, 0.25) is 0 Å². The normalized spacial score (nSPS) is 11.5. The number of anilines is 1. The molecule has 160 valence electrons. The standard InChI is InChI=1S/C24H26N4O2S/c1-31-13-11-22(23(25)29)28-24(30)20-10-9-19(27-16-17-6-5-12-26-15-17)14-21(20)18-7-3-2-4-8-18/h2-10,12,14-15,22,27H,11,13,16H2,1H3,(H2,25,29)(H,28,30)/t22-/m0/s1. The topological polar surface area (TPSA) is 97.1 Å². The maximum absolute atomic E-state index is 13.1. The Hall–Kier alpha value is -3.32. The lowest BCUT2D eigenvalue weighted by Gasteiger charge is -2.18. The van der Waals surface area contributed by atoms with Gasteiger partial charge in [-0.1, -0.05) is 36.4 Å². The highest BCUT2D eigenvalue weighted by atomic mass is 32.2. The molecule has 0 aliphatic heterocycles. The van der Waals surface area contributed by atoms with Crippen LogP contribution >= 0.6 is 11.8 Å². The average molecular weight is 435 g/mol. The predicted octanol–water partition coefficient (Wildman–Crippen LogP) is 3.70. The molecule has 0 fully saturated rings. The van der Waals surface area contributed by atoms with Crippen molar-refractivity contribution in [3.8, 4) is 11.1 Å². The summed E-state index contributed by atoms with van der Waals surface area (Å²) in [4.78, 5) is 29.0. The lowest BCUT2D eigenvalue weighted by molar-refractivity contribution is -0.119. The van der Waals surface area contributed by atoms with Gasteiger partial charge in [-0.05, 0) is 59.4 Å². The molecule has 0 aliphatic rings. The van der Waals surface area contributed by atoms with Crippen molar-refractivity contribution in [1.29, 1.82) is 0 Å². The lowest BCUT2D eigenvalue weighted by atomic mass is 9.98. The Kier molecular flexibility index (Phi) is 8.06. The molecule has 3 rings (SSSR count). The number of hydrogen-bond donors (Lipinski definition) is 3. The number of primary amides is 1. The molecular weight excluding hydrogens is 408 g/mol. The molecule has 2 amide bonds. The number of thioether (sulfide) groups is 1. The molecule has 4 N–H and O–H groups in total. The van der Waals surface area contributed by atoms with Crippen molar-refractivity contribution in [3.05, 3.63) is 84.2 Å². The van der Waals surface area contributed by atoms with Gasteiger partial charge in [0.05, 0.1) is 0 Å². The number of nitrogens with two attached hydrogens (primary N) is 1. The van der Waals surface area contributed by atoms with Gasteiger partial charge in [-0.2, -0.15) is 11.8 Å². The Morgan fingerprint density at radius 3 is 2.58 bits per heavy atom. The quantitative estimate of drug-likeness (QED) is 0.452. The minimum absolute atomic E-state index is 0.317. The zero-order valence-electron chi connectivity index (χ0n) is 17.4. The molecule has 0 saturated carbocycles. The second-order valence-corrected chi connectivity index (χ2v) is 8.04. The maximum Gasteiger partial charge on any atom is 0.252 e. The summed E-state index contributed by atoms with van der Waals surface area (Å²) in [5, 5.41) is 6.18. The summed E-state index contributed by atoms with van der Waals surface area (Å²) in [6, 6.07) is 18.5. The summed E-state index contributed by atoms with van der Waals surface area (Å²) >= 11 is 1.60. The van der Waals surface area contributed by atoms with Gasteiger partial charge in [0.25, 0.3) is 5.91 Å². The second-order valence-electron chi connectivity index (χ2n) is 7.05. The van der Waals surface area contributed by atoms with Crippen LogP contribution in [0.25, 0.3) is 11.1 Å². The second kappa shape index (κ2) is 11.2. The van der Waals surface area contributed by atoms with E-state index in [2.05, 4.69) is 15.6 Å². The highest BCUT2D eigenvalue weighted by Gasteiger charge is 2.21. The lowest BCUT2D eigenvalue weighted by Crippen LogP contribution is -2.44. The third-order valence-electron chi connectivity index (χ3n) is 4.83. The third-order valence-corrected chi connectivity index (χ3v) is 5.47. The van der Waals surface area contributed by atoms with Crippen LogP contribution in [0.4, 0.5) is 5.69 Å². The van der Waals surface area contributed by atoms with Gasteiger partial charge in [0.15, 0.2) is 0 Å². The van der Waals surface area contributed by atoms with Crippen molar-refractivity contribution in [1.82, 2.24) is 10.3 Å². The number of aromatic nitrogens is 1. The van der Waals surface area contributed by atoms with E-state index in [0.29, 0.717) is 18.5 Å². The van der Waals surface area contributed by atoms with Crippen LogP contribution in [-0.2, 0) is 11.3 Å². The van der Waals surface area contributed by atoms with Crippen molar-refractivity contribution in [3.63, 3.8) is 0 Å². The SMILES string of the molecule is CSCC[C@H](NC(=O)c1ccc(NCc2cccnc2)cc1-c1ccccc1)C(N)=O. The summed E-state index contributed by atoms with van der Waals surface area (Å²) < 4.78 is 0. The Bertz CT molecular complexity index is 1010. The van der Waals surface area contributed by atoms with E-state index in [1.54, 1.807) is 24.0 Å². The molecule has 1 atom stereocenters. The van der Waals surface area contributed by atoms with E-state index in [1.807, 2.05) is 67.0 Å². The number of amides is 2. The minimum Gasteiger partial charge on any atom is -0.381 e. The van der Waals surface area contributed by atoms with Gasteiger partial charge < -0.3 is 16.4 Å².